The molecular weight excluding hydrogens is 220 g/mol. The normalized spacial score (nSPS) is 10.7. The first-order valence-electron chi connectivity index (χ1n) is 5.09. The molecular formula is C12H14N2OS. The lowest BCUT2D eigenvalue weighted by molar-refractivity contribution is 0.454. The third kappa shape index (κ3) is 2.28. The molecule has 0 unspecified atom stereocenters. The lowest BCUT2D eigenvalue weighted by Crippen LogP contribution is -1.99. The first kappa shape index (κ1) is 11.2. The summed E-state index contributed by atoms with van der Waals surface area (Å²) in [4.78, 5) is 5.42. The molecule has 0 saturated heterocycles. The van der Waals surface area contributed by atoms with Crippen molar-refractivity contribution >= 4 is 11.8 Å². The zero-order valence-electron chi connectivity index (χ0n) is 9.36. The number of aryl methyl sites for hydroxylation is 2. The molecule has 0 saturated carbocycles. The molecule has 1 aromatic carbocycles. The number of rotatable bonds is 3. The van der Waals surface area contributed by atoms with Crippen LogP contribution in [-0.4, -0.2) is 4.98 Å². The first-order chi connectivity index (χ1) is 7.70. The van der Waals surface area contributed by atoms with Gasteiger partial charge in [0.15, 0.2) is 0 Å². The Balaban J connectivity index is 2.33. The molecule has 4 heteroatoms. The molecule has 0 atom stereocenters. The van der Waals surface area contributed by atoms with E-state index in [0.717, 1.165) is 16.2 Å². The van der Waals surface area contributed by atoms with Crippen LogP contribution in [0.25, 0.3) is 0 Å². The van der Waals surface area contributed by atoms with Crippen molar-refractivity contribution in [2.45, 2.75) is 30.5 Å². The molecule has 84 valence electrons. The maximum Gasteiger partial charge on any atom is 0.260 e. The Morgan fingerprint density at radius 3 is 2.81 bits per heavy atom. The molecule has 2 N–H and O–H groups in total. The fourth-order valence-corrected chi connectivity index (χ4v) is 2.46. The van der Waals surface area contributed by atoms with Crippen molar-refractivity contribution in [3.05, 3.63) is 41.3 Å². The highest BCUT2D eigenvalue weighted by Gasteiger charge is 2.09. The Morgan fingerprint density at radius 1 is 1.38 bits per heavy atom. The maximum absolute atomic E-state index is 5.71. The van der Waals surface area contributed by atoms with Gasteiger partial charge in [-0.15, -0.1) is 0 Å². The second-order valence-electron chi connectivity index (χ2n) is 3.62. The Morgan fingerprint density at radius 2 is 2.19 bits per heavy atom. The number of aromatic nitrogens is 1. The van der Waals surface area contributed by atoms with Crippen molar-refractivity contribution in [1.82, 2.24) is 4.98 Å². The Hall–Kier alpha value is -1.26. The molecule has 16 heavy (non-hydrogen) atoms. The van der Waals surface area contributed by atoms with Crippen LogP contribution in [0.4, 0.5) is 0 Å². The molecule has 2 aromatic rings. The van der Waals surface area contributed by atoms with Crippen LogP contribution in [0.3, 0.4) is 0 Å². The van der Waals surface area contributed by atoms with Gasteiger partial charge in [0.05, 0.1) is 5.69 Å². The van der Waals surface area contributed by atoms with Crippen molar-refractivity contribution in [1.29, 1.82) is 0 Å². The summed E-state index contributed by atoms with van der Waals surface area (Å²) in [6.07, 6.45) is 1.66. The predicted octanol–water partition coefficient (Wildman–Crippen LogP) is 2.90. The highest BCUT2D eigenvalue weighted by atomic mass is 32.2. The largest absolute Gasteiger partial charge is 0.439 e. The van der Waals surface area contributed by atoms with Crippen LogP contribution >= 0.6 is 11.8 Å². The van der Waals surface area contributed by atoms with E-state index in [1.54, 1.807) is 6.26 Å². The van der Waals surface area contributed by atoms with Gasteiger partial charge in [-0.05, 0) is 36.7 Å². The SMILES string of the molecule is Cc1coc(Sc2c(C)cccc2CN)n1. The molecule has 3 nitrogen and oxygen atoms in total. The Bertz CT molecular complexity index is 494. The van der Waals surface area contributed by atoms with Gasteiger partial charge in [0.25, 0.3) is 5.22 Å². The third-order valence-corrected chi connectivity index (χ3v) is 3.45. The summed E-state index contributed by atoms with van der Waals surface area (Å²) < 4.78 is 5.33. The standard InChI is InChI=1S/C12H14N2OS/c1-8-4-3-5-10(6-13)11(8)16-12-14-9(2)7-15-12/h3-5,7H,6,13H2,1-2H3. The van der Waals surface area contributed by atoms with Crippen molar-refractivity contribution in [2.24, 2.45) is 5.73 Å². The highest BCUT2D eigenvalue weighted by molar-refractivity contribution is 7.99. The van der Waals surface area contributed by atoms with E-state index >= 15 is 0 Å². The summed E-state index contributed by atoms with van der Waals surface area (Å²) in [5.41, 5.74) is 8.93. The lowest BCUT2D eigenvalue weighted by atomic mass is 10.1. The third-order valence-electron chi connectivity index (χ3n) is 2.30. The van der Waals surface area contributed by atoms with Crippen molar-refractivity contribution in [3.8, 4) is 0 Å². The molecule has 0 radical (unpaired) electrons. The molecule has 0 aliphatic rings. The number of nitrogens with zero attached hydrogens (tertiary/aromatic N) is 1. The van der Waals surface area contributed by atoms with Gasteiger partial charge in [-0.3, -0.25) is 0 Å². The summed E-state index contributed by atoms with van der Waals surface area (Å²) in [6.45, 7) is 4.51. The minimum Gasteiger partial charge on any atom is -0.439 e. The minimum atomic E-state index is 0.531. The fraction of sp³-hybridized carbons (Fsp3) is 0.250. The number of hydrogen-bond acceptors (Lipinski definition) is 4. The van der Waals surface area contributed by atoms with Gasteiger partial charge in [-0.2, -0.15) is 0 Å². The molecule has 0 bridgehead atoms. The number of nitrogens with two attached hydrogens (primary N) is 1. The van der Waals surface area contributed by atoms with Gasteiger partial charge in [0, 0.05) is 11.4 Å². The summed E-state index contributed by atoms with van der Waals surface area (Å²) >= 11 is 1.53. The van der Waals surface area contributed by atoms with Gasteiger partial charge >= 0.3 is 0 Å². The predicted molar refractivity (Wildman–Crippen MR) is 64.4 cm³/mol. The average molecular weight is 234 g/mol. The van der Waals surface area contributed by atoms with E-state index in [4.69, 9.17) is 10.2 Å². The smallest absolute Gasteiger partial charge is 0.260 e. The Labute approximate surface area is 99.1 Å². The lowest BCUT2D eigenvalue weighted by Gasteiger charge is -2.07. The van der Waals surface area contributed by atoms with Crippen LogP contribution in [0.15, 0.2) is 39.0 Å². The number of oxazole rings is 1. The van der Waals surface area contributed by atoms with Crippen LogP contribution in [0.1, 0.15) is 16.8 Å². The average Bonchev–Trinajstić information content (AvgIpc) is 2.67. The van der Waals surface area contributed by atoms with Crippen LogP contribution < -0.4 is 5.73 Å². The second-order valence-corrected chi connectivity index (χ2v) is 4.59. The van der Waals surface area contributed by atoms with Gasteiger partial charge < -0.3 is 10.2 Å². The van der Waals surface area contributed by atoms with Crippen LogP contribution in [0.2, 0.25) is 0 Å². The van der Waals surface area contributed by atoms with Crippen molar-refractivity contribution < 1.29 is 4.42 Å². The highest BCUT2D eigenvalue weighted by Crippen LogP contribution is 2.32. The minimum absolute atomic E-state index is 0.531. The van der Waals surface area contributed by atoms with Crippen LogP contribution in [-0.2, 0) is 6.54 Å². The second kappa shape index (κ2) is 4.72. The van der Waals surface area contributed by atoms with Gasteiger partial charge in [-0.25, -0.2) is 4.98 Å². The van der Waals surface area contributed by atoms with Crippen LogP contribution in [0, 0.1) is 13.8 Å². The quantitative estimate of drug-likeness (QED) is 0.887. The van der Waals surface area contributed by atoms with E-state index in [9.17, 15) is 0 Å². The van der Waals surface area contributed by atoms with Crippen LogP contribution in [0.5, 0.6) is 0 Å². The molecule has 0 fully saturated rings. The summed E-state index contributed by atoms with van der Waals surface area (Å²) in [7, 11) is 0. The van der Waals surface area contributed by atoms with E-state index in [1.165, 1.54) is 17.3 Å². The Kier molecular flexibility index (Phi) is 3.31. The zero-order valence-corrected chi connectivity index (χ0v) is 10.2. The van der Waals surface area contributed by atoms with E-state index in [0.29, 0.717) is 11.8 Å². The van der Waals surface area contributed by atoms with E-state index in [2.05, 4.69) is 18.0 Å². The molecule has 0 spiro atoms. The van der Waals surface area contributed by atoms with E-state index < -0.39 is 0 Å². The first-order valence-corrected chi connectivity index (χ1v) is 5.91. The fourth-order valence-electron chi connectivity index (χ4n) is 1.49. The molecule has 0 amide bonds. The van der Waals surface area contributed by atoms with Crippen molar-refractivity contribution in [3.63, 3.8) is 0 Å². The summed E-state index contributed by atoms with van der Waals surface area (Å²) in [6, 6.07) is 6.12. The summed E-state index contributed by atoms with van der Waals surface area (Å²) in [5.74, 6) is 0. The van der Waals surface area contributed by atoms with Gasteiger partial charge in [0.2, 0.25) is 0 Å². The molecule has 1 aromatic heterocycles. The summed E-state index contributed by atoms with van der Waals surface area (Å²) in [5, 5.41) is 0.668. The van der Waals surface area contributed by atoms with Crippen molar-refractivity contribution in [2.75, 3.05) is 0 Å². The van der Waals surface area contributed by atoms with Gasteiger partial charge in [0.1, 0.15) is 6.26 Å². The topological polar surface area (TPSA) is 52.0 Å². The van der Waals surface area contributed by atoms with E-state index in [-0.39, 0.29) is 0 Å². The monoisotopic (exact) mass is 234 g/mol. The number of hydrogen-bond donors (Lipinski definition) is 1. The molecule has 0 aliphatic heterocycles. The molecule has 1 heterocycles. The molecule has 0 aliphatic carbocycles. The zero-order chi connectivity index (χ0) is 11.5. The maximum atomic E-state index is 5.71. The number of benzene rings is 1. The van der Waals surface area contributed by atoms with Gasteiger partial charge in [-0.1, -0.05) is 18.2 Å². The molecule has 2 rings (SSSR count). The van der Waals surface area contributed by atoms with E-state index in [1.807, 2.05) is 19.1 Å².